The van der Waals surface area contributed by atoms with Gasteiger partial charge in [-0.3, -0.25) is 0 Å². The molecule has 1 aromatic heterocycles. The van der Waals surface area contributed by atoms with Crippen LogP contribution in [0, 0.1) is 0 Å². The van der Waals surface area contributed by atoms with E-state index in [1.54, 1.807) is 6.20 Å². The van der Waals surface area contributed by atoms with Crippen molar-refractivity contribution in [3.63, 3.8) is 0 Å². The van der Waals surface area contributed by atoms with Crippen molar-refractivity contribution < 1.29 is 13.5 Å². The highest BCUT2D eigenvalue weighted by molar-refractivity contribution is 7.89. The zero-order chi connectivity index (χ0) is 12.3. The van der Waals surface area contributed by atoms with E-state index >= 15 is 0 Å². The molecule has 0 atom stereocenters. The molecule has 0 fully saturated rings. The van der Waals surface area contributed by atoms with Gasteiger partial charge in [0, 0.05) is 32.1 Å². The van der Waals surface area contributed by atoms with Crippen LogP contribution in [-0.2, 0) is 23.1 Å². The van der Waals surface area contributed by atoms with Crippen LogP contribution < -0.4 is 0 Å². The van der Waals surface area contributed by atoms with Crippen molar-refractivity contribution in [2.75, 3.05) is 18.9 Å². The summed E-state index contributed by atoms with van der Waals surface area (Å²) < 4.78 is 27.4. The predicted molar refractivity (Wildman–Crippen MR) is 62.7 cm³/mol. The van der Waals surface area contributed by atoms with Crippen molar-refractivity contribution in [3.05, 3.63) is 18.2 Å². The molecule has 0 saturated heterocycles. The molecule has 1 N–H and O–H groups in total. The normalized spacial score (nSPS) is 17.0. The number of imidazole rings is 1. The highest BCUT2D eigenvalue weighted by atomic mass is 32.2. The van der Waals surface area contributed by atoms with Crippen molar-refractivity contribution in [1.29, 1.82) is 0 Å². The molecule has 0 aromatic carbocycles. The van der Waals surface area contributed by atoms with E-state index in [1.807, 2.05) is 10.8 Å². The number of sulfonamides is 1. The summed E-state index contributed by atoms with van der Waals surface area (Å²) in [6.45, 7) is 1.56. The van der Waals surface area contributed by atoms with E-state index < -0.39 is 10.0 Å². The summed E-state index contributed by atoms with van der Waals surface area (Å²) in [5, 5.41) is 8.65. The van der Waals surface area contributed by atoms with E-state index in [-0.39, 0.29) is 12.4 Å². The number of unbranched alkanes of at least 4 members (excludes halogenated alkanes) is 1. The van der Waals surface area contributed by atoms with Gasteiger partial charge in [-0.05, 0) is 12.8 Å². The SMILES string of the molecule is O=S(=O)(CCCCO)N1CCn2ccnc2C1. The Hall–Kier alpha value is -0.920. The highest BCUT2D eigenvalue weighted by Crippen LogP contribution is 2.15. The minimum absolute atomic E-state index is 0.0416. The van der Waals surface area contributed by atoms with Crippen LogP contribution in [0.5, 0.6) is 0 Å². The first-order chi connectivity index (χ1) is 8.13. The minimum atomic E-state index is -3.21. The molecular formula is C10H17N3O3S. The molecule has 1 aliphatic heterocycles. The van der Waals surface area contributed by atoms with E-state index in [0.717, 1.165) is 5.82 Å². The predicted octanol–water partition coefficient (Wildman–Crippen LogP) is -0.199. The Morgan fingerprint density at radius 1 is 1.35 bits per heavy atom. The molecule has 1 aromatic rings. The molecular weight excluding hydrogens is 242 g/mol. The van der Waals surface area contributed by atoms with Gasteiger partial charge < -0.3 is 9.67 Å². The van der Waals surface area contributed by atoms with Gasteiger partial charge in [0.25, 0.3) is 0 Å². The largest absolute Gasteiger partial charge is 0.396 e. The van der Waals surface area contributed by atoms with E-state index in [1.165, 1.54) is 4.31 Å². The second kappa shape index (κ2) is 5.16. The third-order valence-corrected chi connectivity index (χ3v) is 4.82. The second-order valence-electron chi connectivity index (χ2n) is 4.12. The summed E-state index contributed by atoms with van der Waals surface area (Å²) >= 11 is 0. The van der Waals surface area contributed by atoms with Crippen molar-refractivity contribution >= 4 is 10.0 Å². The van der Waals surface area contributed by atoms with Gasteiger partial charge in [0.1, 0.15) is 5.82 Å². The minimum Gasteiger partial charge on any atom is -0.396 e. The molecule has 7 heteroatoms. The molecule has 96 valence electrons. The third kappa shape index (κ3) is 2.85. The molecule has 0 unspecified atom stereocenters. The molecule has 0 spiro atoms. The maximum Gasteiger partial charge on any atom is 0.214 e. The Morgan fingerprint density at radius 3 is 2.94 bits per heavy atom. The second-order valence-corrected chi connectivity index (χ2v) is 6.21. The molecule has 0 bridgehead atoms. The fourth-order valence-electron chi connectivity index (χ4n) is 1.91. The standard InChI is InChI=1S/C10H17N3O3S/c14-7-1-2-8-17(15,16)13-6-5-12-4-3-11-10(12)9-13/h3-4,14H,1-2,5-9H2. The maximum absolute atomic E-state index is 12.0. The molecule has 6 nitrogen and oxygen atoms in total. The molecule has 1 aliphatic rings. The summed E-state index contributed by atoms with van der Waals surface area (Å²) in [5.74, 6) is 0.899. The van der Waals surface area contributed by atoms with E-state index in [9.17, 15) is 8.42 Å². The molecule has 17 heavy (non-hydrogen) atoms. The monoisotopic (exact) mass is 259 g/mol. The summed E-state index contributed by atoms with van der Waals surface area (Å²) in [4.78, 5) is 4.13. The van der Waals surface area contributed by atoms with Gasteiger partial charge in [0.05, 0.1) is 12.3 Å². The lowest BCUT2D eigenvalue weighted by Gasteiger charge is -2.26. The van der Waals surface area contributed by atoms with Gasteiger partial charge in [0.2, 0.25) is 10.0 Å². The average molecular weight is 259 g/mol. The lowest BCUT2D eigenvalue weighted by atomic mass is 10.4. The van der Waals surface area contributed by atoms with Crippen LogP contribution in [-0.4, -0.2) is 46.3 Å². The lowest BCUT2D eigenvalue weighted by molar-refractivity contribution is 0.286. The summed E-state index contributed by atoms with van der Waals surface area (Å²) in [6.07, 6.45) is 4.59. The van der Waals surface area contributed by atoms with Crippen LogP contribution in [0.1, 0.15) is 18.7 Å². The van der Waals surface area contributed by atoms with E-state index in [0.29, 0.717) is 32.5 Å². The van der Waals surface area contributed by atoms with Crippen molar-refractivity contribution in [3.8, 4) is 0 Å². The Balaban J connectivity index is 2.00. The van der Waals surface area contributed by atoms with Gasteiger partial charge in [-0.1, -0.05) is 0 Å². The Bertz CT molecular complexity index is 469. The zero-order valence-electron chi connectivity index (χ0n) is 9.62. The highest BCUT2D eigenvalue weighted by Gasteiger charge is 2.26. The molecule has 2 heterocycles. The quantitative estimate of drug-likeness (QED) is 0.743. The lowest BCUT2D eigenvalue weighted by Crippen LogP contribution is -2.39. The van der Waals surface area contributed by atoms with Gasteiger partial charge >= 0.3 is 0 Å². The van der Waals surface area contributed by atoms with Crippen LogP contribution in [0.15, 0.2) is 12.4 Å². The van der Waals surface area contributed by atoms with Gasteiger partial charge in [-0.15, -0.1) is 0 Å². The van der Waals surface area contributed by atoms with Crippen molar-refractivity contribution in [2.45, 2.75) is 25.9 Å². The average Bonchev–Trinajstić information content (AvgIpc) is 2.76. The first kappa shape index (κ1) is 12.5. The Kier molecular flexibility index (Phi) is 3.80. The third-order valence-electron chi connectivity index (χ3n) is 2.91. The first-order valence-electron chi connectivity index (χ1n) is 5.72. The maximum atomic E-state index is 12.0. The summed E-state index contributed by atoms with van der Waals surface area (Å²) in [6, 6.07) is 0. The Labute approximate surface area is 101 Å². The molecule has 0 saturated carbocycles. The van der Waals surface area contributed by atoms with Crippen molar-refractivity contribution in [2.24, 2.45) is 0 Å². The molecule has 0 radical (unpaired) electrons. The number of aromatic nitrogens is 2. The van der Waals surface area contributed by atoms with Crippen LogP contribution in [0.2, 0.25) is 0 Å². The number of aliphatic hydroxyl groups is 1. The van der Waals surface area contributed by atoms with Gasteiger partial charge in [-0.25, -0.2) is 13.4 Å². The van der Waals surface area contributed by atoms with Gasteiger partial charge in [0.15, 0.2) is 0 Å². The number of rotatable bonds is 5. The fourth-order valence-corrected chi connectivity index (χ4v) is 3.41. The van der Waals surface area contributed by atoms with Crippen LogP contribution in [0.4, 0.5) is 0 Å². The first-order valence-corrected chi connectivity index (χ1v) is 7.33. The van der Waals surface area contributed by atoms with Gasteiger partial charge in [-0.2, -0.15) is 4.31 Å². The summed E-state index contributed by atoms with van der Waals surface area (Å²) in [5.41, 5.74) is 0. The van der Waals surface area contributed by atoms with Crippen LogP contribution in [0.25, 0.3) is 0 Å². The Morgan fingerprint density at radius 2 is 2.18 bits per heavy atom. The number of hydrogen-bond acceptors (Lipinski definition) is 4. The van der Waals surface area contributed by atoms with Crippen LogP contribution >= 0.6 is 0 Å². The van der Waals surface area contributed by atoms with E-state index in [2.05, 4.69) is 4.98 Å². The molecule has 0 aliphatic carbocycles. The number of nitrogens with zero attached hydrogens (tertiary/aromatic N) is 3. The smallest absolute Gasteiger partial charge is 0.214 e. The molecule has 2 rings (SSSR count). The number of hydrogen-bond donors (Lipinski definition) is 1. The van der Waals surface area contributed by atoms with E-state index in [4.69, 9.17) is 5.11 Å². The zero-order valence-corrected chi connectivity index (χ0v) is 10.4. The van der Waals surface area contributed by atoms with Crippen LogP contribution in [0.3, 0.4) is 0 Å². The topological polar surface area (TPSA) is 75.4 Å². The van der Waals surface area contributed by atoms with Crippen molar-refractivity contribution in [1.82, 2.24) is 13.9 Å². The summed E-state index contributed by atoms with van der Waals surface area (Å²) in [7, 11) is -3.21. The fraction of sp³-hybridized carbons (Fsp3) is 0.700. The number of fused-ring (bicyclic) bond motifs is 1. The molecule has 0 amide bonds. The number of aliphatic hydroxyl groups excluding tert-OH is 1.